The van der Waals surface area contributed by atoms with E-state index in [-0.39, 0.29) is 5.56 Å². The molecule has 1 unspecified atom stereocenters. The molecule has 0 bridgehead atoms. The summed E-state index contributed by atoms with van der Waals surface area (Å²) in [5.74, 6) is -0.202. The van der Waals surface area contributed by atoms with Crippen LogP contribution in [-0.4, -0.2) is 49.4 Å². The molecule has 5 heteroatoms. The van der Waals surface area contributed by atoms with Gasteiger partial charge in [-0.25, -0.2) is 4.79 Å². The van der Waals surface area contributed by atoms with Gasteiger partial charge in [-0.05, 0) is 31.7 Å². The lowest BCUT2D eigenvalue weighted by molar-refractivity contribution is 0.0696. The molecular formula is C14H19NO4. The van der Waals surface area contributed by atoms with Gasteiger partial charge in [0, 0.05) is 24.8 Å². The first kappa shape index (κ1) is 13.8. The largest absolute Gasteiger partial charge is 0.496 e. The topological polar surface area (TPSA) is 59.0 Å². The van der Waals surface area contributed by atoms with E-state index < -0.39 is 5.97 Å². The van der Waals surface area contributed by atoms with Crippen molar-refractivity contribution in [1.82, 2.24) is 4.90 Å². The minimum atomic E-state index is -0.921. The summed E-state index contributed by atoms with van der Waals surface area (Å²) in [6.45, 7) is 2.18. The van der Waals surface area contributed by atoms with Gasteiger partial charge in [0.1, 0.15) is 5.75 Å². The van der Waals surface area contributed by atoms with E-state index >= 15 is 0 Å². The molecule has 0 amide bonds. The summed E-state index contributed by atoms with van der Waals surface area (Å²) in [5, 5.41) is 9.04. The van der Waals surface area contributed by atoms with Gasteiger partial charge in [-0.2, -0.15) is 0 Å². The molecule has 104 valence electrons. The third kappa shape index (κ3) is 3.24. The van der Waals surface area contributed by atoms with Gasteiger partial charge in [-0.3, -0.25) is 4.90 Å². The second-order valence-electron chi connectivity index (χ2n) is 4.76. The molecule has 0 aliphatic carbocycles. The third-order valence-electron chi connectivity index (χ3n) is 3.48. The molecule has 1 aromatic carbocycles. The van der Waals surface area contributed by atoms with Crippen molar-refractivity contribution < 1.29 is 19.4 Å². The maximum absolute atomic E-state index is 11.0. The molecule has 19 heavy (non-hydrogen) atoms. The van der Waals surface area contributed by atoms with Crippen LogP contribution < -0.4 is 4.74 Å². The van der Waals surface area contributed by atoms with E-state index in [9.17, 15) is 4.79 Å². The number of benzene rings is 1. The number of rotatable bonds is 5. The lowest BCUT2D eigenvalue weighted by atomic mass is 10.1. The number of likely N-dealkylation sites (N-methyl/N-ethyl adjacent to an activating group) is 1. The van der Waals surface area contributed by atoms with Crippen LogP contribution in [0.4, 0.5) is 0 Å². The molecule has 5 nitrogen and oxygen atoms in total. The molecule has 1 N–H and O–H groups in total. The van der Waals surface area contributed by atoms with Crippen LogP contribution in [0.5, 0.6) is 5.75 Å². The summed E-state index contributed by atoms with van der Waals surface area (Å²) in [6.07, 6.45) is 1.01. The van der Waals surface area contributed by atoms with Crippen molar-refractivity contribution in [1.29, 1.82) is 0 Å². The van der Waals surface area contributed by atoms with Crippen LogP contribution in [0.15, 0.2) is 18.2 Å². The Bertz CT molecular complexity index is 455. The average Bonchev–Trinajstić information content (AvgIpc) is 2.92. The molecule has 0 spiro atoms. The minimum absolute atomic E-state index is 0.284. The van der Waals surface area contributed by atoms with Gasteiger partial charge < -0.3 is 14.6 Å². The third-order valence-corrected chi connectivity index (χ3v) is 3.48. The smallest absolute Gasteiger partial charge is 0.335 e. The number of carbonyl (C=O) groups is 1. The van der Waals surface area contributed by atoms with Crippen LogP contribution in [0.3, 0.4) is 0 Å². The second-order valence-corrected chi connectivity index (χ2v) is 4.76. The minimum Gasteiger partial charge on any atom is -0.496 e. The Morgan fingerprint density at radius 1 is 1.58 bits per heavy atom. The standard InChI is InChI=1S/C14H19NO4/c1-15(12-5-6-19-9-12)8-11-7-10(14(16)17)3-4-13(11)18-2/h3-4,7,12H,5-6,8-9H2,1-2H3,(H,16,17). The van der Waals surface area contributed by atoms with Crippen LogP contribution in [0, 0.1) is 0 Å². The molecule has 1 saturated heterocycles. The Labute approximate surface area is 112 Å². The van der Waals surface area contributed by atoms with Gasteiger partial charge in [0.15, 0.2) is 0 Å². The molecule has 1 heterocycles. The molecule has 1 aliphatic rings. The summed E-state index contributed by atoms with van der Waals surface area (Å²) in [4.78, 5) is 13.2. The van der Waals surface area contributed by atoms with Gasteiger partial charge in [0.2, 0.25) is 0 Å². The first-order chi connectivity index (χ1) is 9.11. The van der Waals surface area contributed by atoms with E-state index in [1.54, 1.807) is 25.3 Å². The van der Waals surface area contributed by atoms with Crippen LogP contribution in [-0.2, 0) is 11.3 Å². The van der Waals surface area contributed by atoms with Gasteiger partial charge in [0.25, 0.3) is 0 Å². The highest BCUT2D eigenvalue weighted by atomic mass is 16.5. The number of hydrogen-bond acceptors (Lipinski definition) is 4. The molecular weight excluding hydrogens is 246 g/mol. The average molecular weight is 265 g/mol. The highest BCUT2D eigenvalue weighted by Gasteiger charge is 2.21. The summed E-state index contributed by atoms with van der Waals surface area (Å²) in [5.41, 5.74) is 1.17. The highest BCUT2D eigenvalue weighted by Crippen LogP contribution is 2.23. The molecule has 0 radical (unpaired) electrons. The van der Waals surface area contributed by atoms with Gasteiger partial charge in [0.05, 0.1) is 19.3 Å². The molecule has 2 rings (SSSR count). The highest BCUT2D eigenvalue weighted by molar-refractivity contribution is 5.88. The normalized spacial score (nSPS) is 18.8. The quantitative estimate of drug-likeness (QED) is 0.876. The number of hydrogen-bond donors (Lipinski definition) is 1. The summed E-state index contributed by atoms with van der Waals surface area (Å²) in [7, 11) is 3.62. The SMILES string of the molecule is COc1ccc(C(=O)O)cc1CN(C)C1CCOC1. The number of carboxylic acid groups (broad SMARTS) is 1. The zero-order chi connectivity index (χ0) is 13.8. The summed E-state index contributed by atoms with van der Waals surface area (Å²) < 4.78 is 10.7. The molecule has 0 saturated carbocycles. The molecule has 1 aliphatic heterocycles. The van der Waals surface area contributed by atoms with E-state index in [1.807, 2.05) is 7.05 Å². The van der Waals surface area contributed by atoms with Crippen molar-refractivity contribution in [2.75, 3.05) is 27.4 Å². The van der Waals surface area contributed by atoms with Crippen molar-refractivity contribution in [2.45, 2.75) is 19.0 Å². The van der Waals surface area contributed by atoms with Crippen molar-refractivity contribution in [3.8, 4) is 5.75 Å². The summed E-state index contributed by atoms with van der Waals surface area (Å²) >= 11 is 0. The zero-order valence-electron chi connectivity index (χ0n) is 11.3. The zero-order valence-corrected chi connectivity index (χ0v) is 11.3. The fraction of sp³-hybridized carbons (Fsp3) is 0.500. The fourth-order valence-corrected chi connectivity index (χ4v) is 2.30. The van der Waals surface area contributed by atoms with Crippen LogP contribution >= 0.6 is 0 Å². The van der Waals surface area contributed by atoms with Gasteiger partial charge in [-0.1, -0.05) is 0 Å². The number of methoxy groups -OCH3 is 1. The lowest BCUT2D eigenvalue weighted by Gasteiger charge is -2.23. The van der Waals surface area contributed by atoms with E-state index in [1.165, 1.54) is 0 Å². The molecule has 1 aromatic rings. The number of aromatic carboxylic acids is 1. The van der Waals surface area contributed by atoms with Gasteiger partial charge >= 0.3 is 5.97 Å². The molecule has 1 fully saturated rings. The Balaban J connectivity index is 2.16. The maximum Gasteiger partial charge on any atom is 0.335 e. The molecule has 0 aromatic heterocycles. The Morgan fingerprint density at radius 2 is 2.37 bits per heavy atom. The first-order valence-corrected chi connectivity index (χ1v) is 6.30. The Kier molecular flexibility index (Phi) is 4.39. The molecule has 1 atom stereocenters. The Hall–Kier alpha value is -1.59. The number of carboxylic acids is 1. The lowest BCUT2D eigenvalue weighted by Crippen LogP contribution is -2.31. The summed E-state index contributed by atoms with van der Waals surface area (Å²) in [6, 6.07) is 5.33. The Morgan fingerprint density at radius 3 is 2.95 bits per heavy atom. The van der Waals surface area contributed by atoms with Crippen molar-refractivity contribution in [3.05, 3.63) is 29.3 Å². The monoisotopic (exact) mass is 265 g/mol. The van der Waals surface area contributed by atoms with E-state index in [2.05, 4.69) is 4.90 Å². The number of nitrogens with zero attached hydrogens (tertiary/aromatic N) is 1. The van der Waals surface area contributed by atoms with Crippen molar-refractivity contribution in [2.24, 2.45) is 0 Å². The van der Waals surface area contributed by atoms with Crippen molar-refractivity contribution in [3.63, 3.8) is 0 Å². The van der Waals surface area contributed by atoms with Crippen molar-refractivity contribution >= 4 is 5.97 Å². The van der Waals surface area contributed by atoms with E-state index in [4.69, 9.17) is 14.6 Å². The maximum atomic E-state index is 11.0. The second kappa shape index (κ2) is 6.04. The number of ether oxygens (including phenoxy) is 2. The first-order valence-electron chi connectivity index (χ1n) is 6.30. The predicted octanol–water partition coefficient (Wildman–Crippen LogP) is 1.61. The van der Waals surface area contributed by atoms with Gasteiger partial charge in [-0.15, -0.1) is 0 Å². The van der Waals surface area contributed by atoms with E-state index in [0.29, 0.717) is 12.6 Å². The fourth-order valence-electron chi connectivity index (χ4n) is 2.30. The van der Waals surface area contributed by atoms with Crippen LogP contribution in [0.1, 0.15) is 22.3 Å². The predicted molar refractivity (Wildman–Crippen MR) is 70.6 cm³/mol. The van der Waals surface area contributed by atoms with Crippen LogP contribution in [0.2, 0.25) is 0 Å². The van der Waals surface area contributed by atoms with Crippen LogP contribution in [0.25, 0.3) is 0 Å². The van der Waals surface area contributed by atoms with E-state index in [0.717, 1.165) is 30.9 Å².